The smallest absolute Gasteiger partial charge is 0.423 e. The summed E-state index contributed by atoms with van der Waals surface area (Å²) < 4.78 is 0. The van der Waals surface area contributed by atoms with Crippen LogP contribution in [0.4, 0.5) is 0 Å². The van der Waals surface area contributed by atoms with Crippen LogP contribution in [0.15, 0.2) is 48.5 Å². The predicted molar refractivity (Wildman–Crippen MR) is 70.5 cm³/mol. The summed E-state index contributed by atoms with van der Waals surface area (Å²) in [5.41, 5.74) is 2.80. The Bertz CT molecular complexity index is 480. The van der Waals surface area contributed by atoms with Crippen molar-refractivity contribution in [2.24, 2.45) is 0 Å². The van der Waals surface area contributed by atoms with Gasteiger partial charge in [-0.15, -0.1) is 0 Å². The lowest BCUT2D eigenvalue weighted by molar-refractivity contribution is 0.426. The second-order valence-corrected chi connectivity index (χ2v) is 4.35. The number of rotatable bonds is 3. The van der Waals surface area contributed by atoms with Gasteiger partial charge in [-0.2, -0.15) is 0 Å². The fourth-order valence-electron chi connectivity index (χ4n) is 1.65. The standard InChI is InChI=1S/C13H12BClO2/c15-13-7-3-11(4-8-13)9-10-1-5-12(6-2-10)14(16)17/h1-8,16-17H,9H2. The lowest BCUT2D eigenvalue weighted by Gasteiger charge is -2.04. The first-order valence-corrected chi connectivity index (χ1v) is 5.72. The molecule has 2 aromatic carbocycles. The van der Waals surface area contributed by atoms with Crippen molar-refractivity contribution in [1.29, 1.82) is 0 Å². The van der Waals surface area contributed by atoms with E-state index in [1.807, 2.05) is 36.4 Å². The van der Waals surface area contributed by atoms with Gasteiger partial charge in [0.25, 0.3) is 0 Å². The van der Waals surface area contributed by atoms with Crippen molar-refractivity contribution in [2.45, 2.75) is 6.42 Å². The molecule has 0 spiro atoms. The van der Waals surface area contributed by atoms with E-state index in [1.54, 1.807) is 12.1 Å². The van der Waals surface area contributed by atoms with E-state index >= 15 is 0 Å². The largest absolute Gasteiger partial charge is 0.488 e. The highest BCUT2D eigenvalue weighted by molar-refractivity contribution is 6.58. The number of benzene rings is 2. The monoisotopic (exact) mass is 246 g/mol. The van der Waals surface area contributed by atoms with Crippen LogP contribution in [-0.4, -0.2) is 17.2 Å². The zero-order valence-electron chi connectivity index (χ0n) is 9.18. The van der Waals surface area contributed by atoms with Gasteiger partial charge in [-0.3, -0.25) is 0 Å². The highest BCUT2D eigenvalue weighted by Crippen LogP contribution is 2.13. The molecule has 2 nitrogen and oxygen atoms in total. The Balaban J connectivity index is 2.11. The van der Waals surface area contributed by atoms with Gasteiger partial charge in [0.15, 0.2) is 0 Å². The normalized spacial score (nSPS) is 10.3. The lowest BCUT2D eigenvalue weighted by Crippen LogP contribution is -2.29. The molecule has 0 aromatic heterocycles. The summed E-state index contributed by atoms with van der Waals surface area (Å²) in [6, 6.07) is 14.9. The molecule has 0 heterocycles. The molecular formula is C13H12BClO2. The number of hydrogen-bond acceptors (Lipinski definition) is 2. The van der Waals surface area contributed by atoms with Gasteiger partial charge in [-0.1, -0.05) is 48.0 Å². The second-order valence-electron chi connectivity index (χ2n) is 3.92. The van der Waals surface area contributed by atoms with Crippen molar-refractivity contribution in [2.75, 3.05) is 0 Å². The van der Waals surface area contributed by atoms with Crippen molar-refractivity contribution in [3.63, 3.8) is 0 Å². The first-order chi connectivity index (χ1) is 8.15. The zero-order valence-corrected chi connectivity index (χ0v) is 9.93. The van der Waals surface area contributed by atoms with E-state index in [9.17, 15) is 0 Å². The van der Waals surface area contributed by atoms with Crippen molar-refractivity contribution in [1.82, 2.24) is 0 Å². The van der Waals surface area contributed by atoms with E-state index in [0.29, 0.717) is 5.46 Å². The summed E-state index contributed by atoms with van der Waals surface area (Å²) in [4.78, 5) is 0. The maximum atomic E-state index is 8.98. The Morgan fingerprint density at radius 2 is 1.29 bits per heavy atom. The molecule has 17 heavy (non-hydrogen) atoms. The fourth-order valence-corrected chi connectivity index (χ4v) is 1.77. The molecule has 0 amide bonds. The van der Waals surface area contributed by atoms with E-state index in [1.165, 1.54) is 5.56 Å². The third-order valence-corrected chi connectivity index (χ3v) is 2.85. The van der Waals surface area contributed by atoms with Crippen LogP contribution in [0.2, 0.25) is 5.02 Å². The van der Waals surface area contributed by atoms with Crippen molar-refractivity contribution >= 4 is 24.2 Å². The van der Waals surface area contributed by atoms with Gasteiger partial charge < -0.3 is 10.0 Å². The first-order valence-electron chi connectivity index (χ1n) is 5.34. The maximum Gasteiger partial charge on any atom is 0.488 e. The number of hydrogen-bond donors (Lipinski definition) is 2. The molecule has 0 unspecified atom stereocenters. The minimum absolute atomic E-state index is 0.504. The molecule has 0 fully saturated rings. The van der Waals surface area contributed by atoms with E-state index < -0.39 is 7.12 Å². The second kappa shape index (κ2) is 5.36. The van der Waals surface area contributed by atoms with E-state index in [-0.39, 0.29) is 0 Å². The summed E-state index contributed by atoms with van der Waals surface area (Å²) in [7, 11) is -1.40. The van der Waals surface area contributed by atoms with Gasteiger partial charge in [-0.05, 0) is 35.1 Å². The average Bonchev–Trinajstić information content (AvgIpc) is 2.33. The Morgan fingerprint density at radius 3 is 1.76 bits per heavy atom. The SMILES string of the molecule is OB(O)c1ccc(Cc2ccc(Cl)cc2)cc1. The van der Waals surface area contributed by atoms with Gasteiger partial charge in [0.05, 0.1) is 0 Å². The molecule has 0 radical (unpaired) electrons. The predicted octanol–water partition coefficient (Wildman–Crippen LogP) is 1.61. The summed E-state index contributed by atoms with van der Waals surface area (Å²) in [5, 5.41) is 18.7. The molecule has 0 saturated carbocycles. The Morgan fingerprint density at radius 1 is 0.824 bits per heavy atom. The maximum absolute atomic E-state index is 8.98. The van der Waals surface area contributed by atoms with E-state index in [0.717, 1.165) is 17.0 Å². The van der Waals surface area contributed by atoms with E-state index in [2.05, 4.69) is 0 Å². The first kappa shape index (κ1) is 12.2. The molecule has 86 valence electrons. The van der Waals surface area contributed by atoms with Crippen LogP contribution < -0.4 is 5.46 Å². The zero-order chi connectivity index (χ0) is 12.3. The Labute approximate surface area is 106 Å². The van der Waals surface area contributed by atoms with Crippen molar-refractivity contribution in [3.8, 4) is 0 Å². The summed E-state index contributed by atoms with van der Waals surface area (Å²) in [5.74, 6) is 0. The number of halogens is 1. The van der Waals surface area contributed by atoms with Crippen LogP contribution in [-0.2, 0) is 6.42 Å². The summed E-state index contributed by atoms with van der Waals surface area (Å²) in [6.45, 7) is 0. The molecule has 4 heteroatoms. The van der Waals surface area contributed by atoms with Gasteiger partial charge in [-0.25, -0.2) is 0 Å². The van der Waals surface area contributed by atoms with Crippen LogP contribution in [0.3, 0.4) is 0 Å². The molecule has 0 bridgehead atoms. The third-order valence-electron chi connectivity index (χ3n) is 2.60. The molecule has 2 aromatic rings. The quantitative estimate of drug-likeness (QED) is 0.808. The summed E-state index contributed by atoms with van der Waals surface area (Å²) >= 11 is 5.81. The lowest BCUT2D eigenvalue weighted by atomic mass is 9.80. The molecular weight excluding hydrogens is 234 g/mol. The van der Waals surface area contributed by atoms with Gasteiger partial charge in [0.2, 0.25) is 0 Å². The van der Waals surface area contributed by atoms with Gasteiger partial charge in [0, 0.05) is 5.02 Å². The molecule has 0 aliphatic rings. The van der Waals surface area contributed by atoms with Crippen LogP contribution in [0, 0.1) is 0 Å². The van der Waals surface area contributed by atoms with Gasteiger partial charge in [0.1, 0.15) is 0 Å². The van der Waals surface area contributed by atoms with Crippen LogP contribution in [0.1, 0.15) is 11.1 Å². The molecule has 0 aliphatic heterocycles. The molecule has 0 saturated heterocycles. The Kier molecular flexibility index (Phi) is 3.84. The van der Waals surface area contributed by atoms with Crippen LogP contribution >= 0.6 is 11.6 Å². The van der Waals surface area contributed by atoms with Crippen molar-refractivity contribution < 1.29 is 10.0 Å². The minimum atomic E-state index is -1.40. The van der Waals surface area contributed by atoms with Crippen molar-refractivity contribution in [3.05, 3.63) is 64.7 Å². The Hall–Kier alpha value is -1.29. The van der Waals surface area contributed by atoms with Crippen LogP contribution in [0.25, 0.3) is 0 Å². The molecule has 2 N–H and O–H groups in total. The van der Waals surface area contributed by atoms with Gasteiger partial charge >= 0.3 is 7.12 Å². The molecule has 0 atom stereocenters. The molecule has 2 rings (SSSR count). The minimum Gasteiger partial charge on any atom is -0.423 e. The third kappa shape index (κ3) is 3.33. The molecule has 0 aliphatic carbocycles. The summed E-state index contributed by atoms with van der Waals surface area (Å²) in [6.07, 6.45) is 0.805. The average molecular weight is 247 g/mol. The van der Waals surface area contributed by atoms with E-state index in [4.69, 9.17) is 21.6 Å². The highest BCUT2D eigenvalue weighted by Gasteiger charge is 2.09. The highest BCUT2D eigenvalue weighted by atomic mass is 35.5. The fraction of sp³-hybridized carbons (Fsp3) is 0.0769. The van der Waals surface area contributed by atoms with Crippen LogP contribution in [0.5, 0.6) is 0 Å². The topological polar surface area (TPSA) is 40.5 Å².